The average Bonchev–Trinajstić information content (AvgIpc) is 3.51. The molecular weight excluding hydrogens is 549 g/mol. The Kier molecular flexibility index (Phi) is 8.53. The normalized spacial score (nSPS) is 27.0. The largest absolute Gasteiger partial charge is 0.358 e. The molecule has 7 rings (SSSR count). The SMILES string of the molecule is CNC(=O)C(C1CCCCC1)N1CCC(CCN2[C@@H]3CC[C@H]2CC(n2c(C)nc4ccccc42)C3)(c2cccc(F)c2)CC1. The molecule has 1 N–H and O–H groups in total. The molecule has 6 nitrogen and oxygen atoms in total. The number of halogens is 1. The fraction of sp³-hybridized carbons (Fsp3) is 0.622. The van der Waals surface area contributed by atoms with Gasteiger partial charge in [0.2, 0.25) is 5.91 Å². The van der Waals surface area contributed by atoms with Gasteiger partial charge in [-0.1, -0.05) is 43.5 Å². The van der Waals surface area contributed by atoms with Gasteiger partial charge in [-0.15, -0.1) is 0 Å². The fourth-order valence-corrected chi connectivity index (χ4v) is 9.80. The number of hydrogen-bond donors (Lipinski definition) is 1. The van der Waals surface area contributed by atoms with Crippen LogP contribution in [0.3, 0.4) is 0 Å². The van der Waals surface area contributed by atoms with Crippen molar-refractivity contribution in [3.8, 4) is 0 Å². The van der Waals surface area contributed by atoms with Crippen LogP contribution in [0.5, 0.6) is 0 Å². The van der Waals surface area contributed by atoms with Crippen LogP contribution in [0.1, 0.15) is 94.5 Å². The van der Waals surface area contributed by atoms with Gasteiger partial charge in [-0.2, -0.15) is 0 Å². The van der Waals surface area contributed by atoms with Crippen LogP contribution < -0.4 is 5.32 Å². The maximum absolute atomic E-state index is 14.7. The summed E-state index contributed by atoms with van der Waals surface area (Å²) in [5, 5.41) is 2.99. The third-order valence-corrected chi connectivity index (χ3v) is 12.0. The molecule has 44 heavy (non-hydrogen) atoms. The first-order valence-corrected chi connectivity index (χ1v) is 17.4. The zero-order valence-corrected chi connectivity index (χ0v) is 26.7. The molecule has 2 aromatic carbocycles. The zero-order chi connectivity index (χ0) is 30.3. The van der Waals surface area contributed by atoms with E-state index in [9.17, 15) is 9.18 Å². The number of likely N-dealkylation sites (tertiary alicyclic amines) is 1. The molecule has 0 spiro atoms. The maximum Gasteiger partial charge on any atom is 0.237 e. The zero-order valence-electron chi connectivity index (χ0n) is 26.7. The van der Waals surface area contributed by atoms with Crippen molar-refractivity contribution >= 4 is 16.9 Å². The topological polar surface area (TPSA) is 53.4 Å². The third-order valence-electron chi connectivity index (χ3n) is 12.0. The Hall–Kier alpha value is -2.77. The van der Waals surface area contributed by atoms with Crippen molar-refractivity contribution in [1.29, 1.82) is 0 Å². The minimum absolute atomic E-state index is 0.0385. The van der Waals surface area contributed by atoms with Gasteiger partial charge in [-0.25, -0.2) is 9.37 Å². The molecule has 4 atom stereocenters. The van der Waals surface area contributed by atoms with E-state index in [2.05, 4.69) is 56.9 Å². The Balaban J connectivity index is 1.08. The lowest BCUT2D eigenvalue weighted by Crippen LogP contribution is -2.55. The van der Waals surface area contributed by atoms with E-state index >= 15 is 0 Å². The number of carbonyl (C=O) groups excluding carboxylic acids is 1. The molecular formula is C37H50FN5O. The summed E-state index contributed by atoms with van der Waals surface area (Å²) in [5.41, 5.74) is 3.45. The minimum atomic E-state index is -0.140. The van der Waals surface area contributed by atoms with Crippen molar-refractivity contribution in [2.45, 2.75) is 114 Å². The lowest BCUT2D eigenvalue weighted by Gasteiger charge is -2.48. The highest BCUT2D eigenvalue weighted by molar-refractivity contribution is 5.82. The number of rotatable bonds is 8. The van der Waals surface area contributed by atoms with Gasteiger partial charge in [0, 0.05) is 25.2 Å². The van der Waals surface area contributed by atoms with Crippen molar-refractivity contribution in [3.05, 3.63) is 65.7 Å². The number of likely N-dealkylation sites (N-methyl/N-ethyl adjacent to an activating group) is 1. The molecule has 1 amide bonds. The van der Waals surface area contributed by atoms with Gasteiger partial charge in [0.05, 0.1) is 17.1 Å². The van der Waals surface area contributed by atoms with Crippen LogP contribution in [0, 0.1) is 18.7 Å². The van der Waals surface area contributed by atoms with Crippen LogP contribution in [0.2, 0.25) is 0 Å². The van der Waals surface area contributed by atoms with Crippen LogP contribution in [0.4, 0.5) is 4.39 Å². The smallest absolute Gasteiger partial charge is 0.237 e. The summed E-state index contributed by atoms with van der Waals surface area (Å²) in [6.07, 6.45) is 13.9. The average molecular weight is 600 g/mol. The fourth-order valence-electron chi connectivity index (χ4n) is 9.80. The van der Waals surface area contributed by atoms with Gasteiger partial charge < -0.3 is 9.88 Å². The number of benzene rings is 2. The summed E-state index contributed by atoms with van der Waals surface area (Å²) in [4.78, 5) is 23.4. The Morgan fingerprint density at radius 2 is 1.70 bits per heavy atom. The van der Waals surface area contributed by atoms with Crippen molar-refractivity contribution < 1.29 is 9.18 Å². The van der Waals surface area contributed by atoms with Gasteiger partial charge in [0.25, 0.3) is 0 Å². The van der Waals surface area contributed by atoms with Crippen LogP contribution in [0.15, 0.2) is 48.5 Å². The van der Waals surface area contributed by atoms with Gasteiger partial charge >= 0.3 is 0 Å². The minimum Gasteiger partial charge on any atom is -0.358 e. The first-order valence-electron chi connectivity index (χ1n) is 17.4. The first-order chi connectivity index (χ1) is 21.5. The molecule has 3 aromatic rings. The van der Waals surface area contributed by atoms with Crippen molar-refractivity contribution in [3.63, 3.8) is 0 Å². The van der Waals surface area contributed by atoms with Crippen molar-refractivity contribution in [2.24, 2.45) is 5.92 Å². The van der Waals surface area contributed by atoms with E-state index in [0.29, 0.717) is 24.0 Å². The van der Waals surface area contributed by atoms with Gasteiger partial charge in [0.1, 0.15) is 11.6 Å². The van der Waals surface area contributed by atoms with Crippen LogP contribution >= 0.6 is 0 Å². The molecule has 4 heterocycles. The van der Waals surface area contributed by atoms with Gasteiger partial charge in [-0.3, -0.25) is 14.6 Å². The standard InChI is InChI=1S/C37H50FN5O/c1-26-40-33-13-6-7-14-34(33)43(26)32-24-30-15-16-31(25-32)42(30)22-19-37(28-11-8-12-29(38)23-28)17-20-41(21-18-37)35(36(44)39-2)27-9-4-3-5-10-27/h6-8,11-14,23,27,30-32,35H,3-5,9-10,15-22,24-25H2,1-2H3,(H,39,44)/t30-,31+,32?,35?. The summed E-state index contributed by atoms with van der Waals surface area (Å²) in [6.45, 7) is 5.01. The summed E-state index contributed by atoms with van der Waals surface area (Å²) in [5.74, 6) is 1.61. The lowest BCUT2D eigenvalue weighted by molar-refractivity contribution is -0.129. The number of amides is 1. The number of aromatic nitrogens is 2. The van der Waals surface area contributed by atoms with Gasteiger partial charge in [-0.05, 0) is 126 Å². The number of carbonyl (C=O) groups is 1. The maximum atomic E-state index is 14.7. The highest BCUT2D eigenvalue weighted by Crippen LogP contribution is 2.45. The van der Waals surface area contributed by atoms with Crippen LogP contribution in [-0.4, -0.2) is 70.1 Å². The van der Waals surface area contributed by atoms with E-state index in [4.69, 9.17) is 4.98 Å². The summed E-state index contributed by atoms with van der Waals surface area (Å²) < 4.78 is 17.2. The molecule has 1 aliphatic carbocycles. The van der Waals surface area contributed by atoms with Crippen molar-refractivity contribution in [2.75, 3.05) is 26.7 Å². The number of fused-ring (bicyclic) bond motifs is 3. The molecule has 4 fully saturated rings. The molecule has 1 aromatic heterocycles. The van der Waals surface area contributed by atoms with E-state index < -0.39 is 0 Å². The molecule has 0 radical (unpaired) electrons. The Labute approximate surface area is 262 Å². The second-order valence-electron chi connectivity index (χ2n) is 14.3. The van der Waals surface area contributed by atoms with E-state index in [0.717, 1.165) is 68.6 Å². The number of nitrogens with one attached hydrogen (secondary N) is 1. The molecule has 4 aliphatic rings. The summed E-state index contributed by atoms with van der Waals surface area (Å²) in [7, 11) is 1.78. The number of aryl methyl sites for hydroxylation is 1. The molecule has 7 heteroatoms. The quantitative estimate of drug-likeness (QED) is 0.311. The van der Waals surface area contributed by atoms with Crippen molar-refractivity contribution in [1.82, 2.24) is 24.7 Å². The van der Waals surface area contributed by atoms with E-state index in [1.165, 1.54) is 50.5 Å². The predicted molar refractivity (Wildman–Crippen MR) is 174 cm³/mol. The third kappa shape index (κ3) is 5.60. The lowest BCUT2D eigenvalue weighted by atomic mass is 9.69. The second kappa shape index (κ2) is 12.6. The number of piperidine rings is 2. The summed E-state index contributed by atoms with van der Waals surface area (Å²) in [6, 6.07) is 17.6. The van der Waals surface area contributed by atoms with E-state index in [1.54, 1.807) is 19.2 Å². The van der Waals surface area contributed by atoms with E-state index in [-0.39, 0.29) is 23.2 Å². The Morgan fingerprint density at radius 1 is 0.977 bits per heavy atom. The Morgan fingerprint density at radius 3 is 2.41 bits per heavy atom. The summed E-state index contributed by atoms with van der Waals surface area (Å²) >= 11 is 0. The van der Waals surface area contributed by atoms with Crippen LogP contribution in [0.25, 0.3) is 11.0 Å². The molecule has 236 valence electrons. The first kappa shape index (κ1) is 29.9. The molecule has 3 saturated heterocycles. The highest BCUT2D eigenvalue weighted by Gasteiger charge is 2.45. The second-order valence-corrected chi connectivity index (χ2v) is 14.3. The van der Waals surface area contributed by atoms with E-state index in [1.807, 2.05) is 6.07 Å². The number of imidazole rings is 1. The number of hydrogen-bond acceptors (Lipinski definition) is 4. The molecule has 3 aliphatic heterocycles. The number of nitrogens with zero attached hydrogens (tertiary/aromatic N) is 4. The highest BCUT2D eigenvalue weighted by atomic mass is 19.1. The number of para-hydroxylation sites is 2. The van der Waals surface area contributed by atoms with Gasteiger partial charge in [0.15, 0.2) is 0 Å². The molecule has 2 unspecified atom stereocenters. The predicted octanol–water partition coefficient (Wildman–Crippen LogP) is 6.77. The van der Waals surface area contributed by atoms with Crippen LogP contribution in [-0.2, 0) is 10.2 Å². The molecule has 2 bridgehead atoms. The molecule has 1 saturated carbocycles. The Bertz CT molecular complexity index is 1440. The monoisotopic (exact) mass is 599 g/mol.